The van der Waals surface area contributed by atoms with E-state index in [1.165, 1.54) is 23.5 Å². The average Bonchev–Trinajstić information content (AvgIpc) is 2.99. The van der Waals surface area contributed by atoms with Crippen LogP contribution in [0.3, 0.4) is 0 Å². The first kappa shape index (κ1) is 11.9. The minimum Gasteiger partial charge on any atom is -0.367 e. The van der Waals surface area contributed by atoms with Gasteiger partial charge in [0, 0.05) is 22.6 Å². The molecule has 19 heavy (non-hydrogen) atoms. The van der Waals surface area contributed by atoms with Crippen molar-refractivity contribution in [2.24, 2.45) is 0 Å². The molecule has 0 bridgehead atoms. The molecule has 1 aromatic carbocycles. The first-order valence-electron chi connectivity index (χ1n) is 5.40. The Hall–Kier alpha value is -2.21. The number of aromatic nitrogens is 1. The van der Waals surface area contributed by atoms with Crippen LogP contribution in [0.4, 0.5) is 14.7 Å². The van der Waals surface area contributed by atoms with Gasteiger partial charge >= 0.3 is 0 Å². The molecule has 3 rings (SSSR count). The van der Waals surface area contributed by atoms with Crippen molar-refractivity contribution in [3.8, 4) is 22.4 Å². The Bertz CT molecular complexity index is 722. The van der Waals surface area contributed by atoms with Crippen LogP contribution in [0.2, 0.25) is 0 Å². The van der Waals surface area contributed by atoms with Gasteiger partial charge in [0.05, 0.1) is 5.56 Å². The summed E-state index contributed by atoms with van der Waals surface area (Å²) in [6.07, 6.45) is 0. The number of nitrogen functional groups attached to an aromatic ring is 1. The predicted molar refractivity (Wildman–Crippen MR) is 69.6 cm³/mol. The van der Waals surface area contributed by atoms with Gasteiger partial charge in [-0.15, -0.1) is 0 Å². The molecule has 3 nitrogen and oxygen atoms in total. The minimum absolute atomic E-state index is 0.00621. The number of hydrogen-bond acceptors (Lipinski definition) is 4. The third-order valence-corrected chi connectivity index (χ3v) is 3.40. The van der Waals surface area contributed by atoms with Crippen molar-refractivity contribution in [2.45, 2.75) is 0 Å². The number of rotatable bonds is 2. The van der Waals surface area contributed by atoms with Gasteiger partial charge in [-0.05, 0) is 23.6 Å². The molecule has 0 fully saturated rings. The molecule has 0 amide bonds. The van der Waals surface area contributed by atoms with Gasteiger partial charge in [0.25, 0.3) is 0 Å². The molecule has 0 unspecified atom stereocenters. The number of thiophene rings is 1. The summed E-state index contributed by atoms with van der Waals surface area (Å²) in [5.41, 5.74) is 7.44. The van der Waals surface area contributed by atoms with Crippen LogP contribution in [0, 0.1) is 11.6 Å². The van der Waals surface area contributed by atoms with Crippen molar-refractivity contribution in [3.05, 3.63) is 46.7 Å². The standard InChI is InChI=1S/C13H8F2N2OS/c14-8-1-2-9(10(15)5-8)11-12(17-18-13(11)16)7-3-4-19-6-7/h1-6H,16H2. The fourth-order valence-electron chi connectivity index (χ4n) is 1.85. The fourth-order valence-corrected chi connectivity index (χ4v) is 2.49. The van der Waals surface area contributed by atoms with E-state index in [2.05, 4.69) is 5.16 Å². The first-order chi connectivity index (χ1) is 9.16. The van der Waals surface area contributed by atoms with Crippen molar-refractivity contribution >= 4 is 17.2 Å². The van der Waals surface area contributed by atoms with Crippen LogP contribution in [-0.4, -0.2) is 5.16 Å². The van der Waals surface area contributed by atoms with E-state index >= 15 is 0 Å². The molecule has 0 aliphatic heterocycles. The normalized spacial score (nSPS) is 10.8. The topological polar surface area (TPSA) is 52.0 Å². The zero-order valence-corrected chi connectivity index (χ0v) is 10.4. The second kappa shape index (κ2) is 4.47. The van der Waals surface area contributed by atoms with Crippen LogP contribution in [0.25, 0.3) is 22.4 Å². The maximum Gasteiger partial charge on any atom is 0.230 e. The Balaban J connectivity index is 2.22. The van der Waals surface area contributed by atoms with Crippen LogP contribution < -0.4 is 5.73 Å². The van der Waals surface area contributed by atoms with E-state index in [1.54, 1.807) is 0 Å². The van der Waals surface area contributed by atoms with Crippen molar-refractivity contribution < 1.29 is 13.3 Å². The summed E-state index contributed by atoms with van der Waals surface area (Å²) in [7, 11) is 0. The maximum atomic E-state index is 13.9. The van der Waals surface area contributed by atoms with E-state index in [1.807, 2.05) is 16.8 Å². The summed E-state index contributed by atoms with van der Waals surface area (Å²) in [4.78, 5) is 0. The van der Waals surface area contributed by atoms with E-state index in [-0.39, 0.29) is 11.4 Å². The van der Waals surface area contributed by atoms with Gasteiger partial charge in [0.2, 0.25) is 5.88 Å². The number of halogens is 2. The lowest BCUT2D eigenvalue weighted by Crippen LogP contribution is -1.91. The van der Waals surface area contributed by atoms with Gasteiger partial charge in [-0.1, -0.05) is 5.16 Å². The fraction of sp³-hybridized carbons (Fsp3) is 0. The van der Waals surface area contributed by atoms with Gasteiger partial charge in [-0.3, -0.25) is 0 Å². The van der Waals surface area contributed by atoms with E-state index < -0.39 is 11.6 Å². The van der Waals surface area contributed by atoms with E-state index in [0.717, 1.165) is 11.6 Å². The molecular formula is C13H8F2N2OS. The van der Waals surface area contributed by atoms with Gasteiger partial charge in [-0.2, -0.15) is 11.3 Å². The molecule has 0 aliphatic carbocycles. The Morgan fingerprint density at radius 2 is 2.05 bits per heavy atom. The van der Waals surface area contributed by atoms with Crippen LogP contribution in [-0.2, 0) is 0 Å². The van der Waals surface area contributed by atoms with Crippen molar-refractivity contribution in [3.63, 3.8) is 0 Å². The highest BCUT2D eigenvalue weighted by molar-refractivity contribution is 7.08. The third-order valence-electron chi connectivity index (χ3n) is 2.71. The van der Waals surface area contributed by atoms with Gasteiger partial charge < -0.3 is 10.3 Å². The molecule has 3 aromatic rings. The average molecular weight is 278 g/mol. The highest BCUT2D eigenvalue weighted by Crippen LogP contribution is 2.38. The van der Waals surface area contributed by atoms with E-state index in [9.17, 15) is 8.78 Å². The van der Waals surface area contributed by atoms with Gasteiger partial charge in [0.1, 0.15) is 17.3 Å². The largest absolute Gasteiger partial charge is 0.367 e. The minimum atomic E-state index is -0.702. The smallest absolute Gasteiger partial charge is 0.230 e. The number of anilines is 1. The zero-order valence-electron chi connectivity index (χ0n) is 9.56. The molecule has 2 heterocycles. The summed E-state index contributed by atoms with van der Waals surface area (Å²) >= 11 is 1.48. The molecular weight excluding hydrogens is 270 g/mol. The molecule has 0 saturated carbocycles. The van der Waals surface area contributed by atoms with Gasteiger partial charge in [0.15, 0.2) is 0 Å². The summed E-state index contributed by atoms with van der Waals surface area (Å²) in [6.45, 7) is 0. The molecule has 0 radical (unpaired) electrons. The van der Waals surface area contributed by atoms with Crippen LogP contribution in [0.15, 0.2) is 39.5 Å². The second-order valence-corrected chi connectivity index (χ2v) is 4.69. The molecule has 2 aromatic heterocycles. The summed E-state index contributed by atoms with van der Waals surface area (Å²) in [5.74, 6) is -1.34. The Morgan fingerprint density at radius 3 is 2.74 bits per heavy atom. The first-order valence-corrected chi connectivity index (χ1v) is 6.34. The van der Waals surface area contributed by atoms with Crippen molar-refractivity contribution in [1.82, 2.24) is 5.16 Å². The van der Waals surface area contributed by atoms with Crippen LogP contribution >= 0.6 is 11.3 Å². The van der Waals surface area contributed by atoms with Crippen molar-refractivity contribution in [2.75, 3.05) is 5.73 Å². The molecule has 0 spiro atoms. The lowest BCUT2D eigenvalue weighted by Gasteiger charge is -2.03. The third kappa shape index (κ3) is 2.00. The highest BCUT2D eigenvalue weighted by Gasteiger charge is 2.20. The Labute approximate surface area is 111 Å². The zero-order chi connectivity index (χ0) is 13.4. The number of nitrogens with zero attached hydrogens (tertiary/aromatic N) is 1. The quantitative estimate of drug-likeness (QED) is 0.772. The summed E-state index contributed by atoms with van der Waals surface area (Å²) in [6, 6.07) is 5.12. The second-order valence-electron chi connectivity index (χ2n) is 3.91. The van der Waals surface area contributed by atoms with E-state index in [4.69, 9.17) is 10.3 Å². The summed E-state index contributed by atoms with van der Waals surface area (Å²) < 4.78 is 31.7. The predicted octanol–water partition coefficient (Wildman–Crippen LogP) is 3.93. The Kier molecular flexibility index (Phi) is 2.79. The van der Waals surface area contributed by atoms with E-state index in [0.29, 0.717) is 11.3 Å². The maximum absolute atomic E-state index is 13.9. The lowest BCUT2D eigenvalue weighted by molar-refractivity contribution is 0.439. The molecule has 0 saturated heterocycles. The highest BCUT2D eigenvalue weighted by atomic mass is 32.1. The number of benzene rings is 1. The molecule has 2 N–H and O–H groups in total. The summed E-state index contributed by atoms with van der Waals surface area (Å²) in [5, 5.41) is 7.56. The van der Waals surface area contributed by atoms with Crippen LogP contribution in [0.5, 0.6) is 0 Å². The molecule has 6 heteroatoms. The SMILES string of the molecule is Nc1onc(-c2ccsc2)c1-c1ccc(F)cc1F. The molecule has 0 atom stereocenters. The lowest BCUT2D eigenvalue weighted by atomic mass is 10.0. The Morgan fingerprint density at radius 1 is 1.21 bits per heavy atom. The monoisotopic (exact) mass is 278 g/mol. The van der Waals surface area contributed by atoms with Crippen molar-refractivity contribution in [1.29, 1.82) is 0 Å². The number of hydrogen-bond donors (Lipinski definition) is 1. The molecule has 0 aliphatic rings. The molecule has 96 valence electrons. The van der Waals surface area contributed by atoms with Crippen LogP contribution in [0.1, 0.15) is 0 Å². The van der Waals surface area contributed by atoms with Gasteiger partial charge in [-0.25, -0.2) is 8.78 Å². The number of nitrogens with two attached hydrogens (primary N) is 1.